The second-order valence-corrected chi connectivity index (χ2v) is 5.93. The van der Waals surface area contributed by atoms with Gasteiger partial charge in [0.1, 0.15) is 5.75 Å². The Morgan fingerprint density at radius 1 is 1.35 bits per heavy atom. The molecular weight excluding hydrogens is 301 g/mol. The Morgan fingerprint density at radius 2 is 2.10 bits per heavy atom. The quantitative estimate of drug-likeness (QED) is 0.812. The number of carbonyl (C=O) groups is 1. The molecule has 1 aromatic carbocycles. The van der Waals surface area contributed by atoms with E-state index in [9.17, 15) is 4.79 Å². The van der Waals surface area contributed by atoms with Gasteiger partial charge in [-0.1, -0.05) is 23.2 Å². The number of ether oxygens (including phenoxy) is 1. The minimum absolute atomic E-state index is 0.0623. The van der Waals surface area contributed by atoms with Crippen LogP contribution in [0.15, 0.2) is 18.2 Å². The lowest BCUT2D eigenvalue weighted by atomic mass is 10.0. The fraction of sp³-hybridized carbons (Fsp3) is 0.500. The van der Waals surface area contributed by atoms with Crippen LogP contribution in [-0.2, 0) is 4.79 Å². The molecule has 0 aliphatic heterocycles. The van der Waals surface area contributed by atoms with E-state index in [1.807, 2.05) is 0 Å². The molecule has 0 unspecified atom stereocenters. The van der Waals surface area contributed by atoms with Crippen molar-refractivity contribution in [2.45, 2.75) is 19.3 Å². The smallest absolute Gasteiger partial charge is 0.257 e. The molecule has 6 heteroatoms. The van der Waals surface area contributed by atoms with Crippen LogP contribution >= 0.6 is 23.2 Å². The van der Waals surface area contributed by atoms with E-state index in [-0.39, 0.29) is 24.5 Å². The third-order valence-electron chi connectivity index (χ3n) is 3.52. The van der Waals surface area contributed by atoms with E-state index in [1.54, 1.807) is 18.2 Å². The number of hydrogen-bond acceptors (Lipinski definition) is 3. The Labute approximate surface area is 128 Å². The molecule has 1 fully saturated rings. The minimum atomic E-state index is -0.180. The van der Waals surface area contributed by atoms with Crippen LogP contribution in [0.25, 0.3) is 0 Å². The number of halogens is 2. The Balaban J connectivity index is 1.73. The second-order valence-electron chi connectivity index (χ2n) is 5.11. The van der Waals surface area contributed by atoms with Gasteiger partial charge >= 0.3 is 0 Å². The number of aliphatic hydroxyl groups is 1. The van der Waals surface area contributed by atoms with E-state index in [2.05, 4.69) is 5.32 Å². The van der Waals surface area contributed by atoms with Gasteiger partial charge in [-0.3, -0.25) is 4.79 Å². The van der Waals surface area contributed by atoms with E-state index < -0.39 is 0 Å². The van der Waals surface area contributed by atoms with Gasteiger partial charge in [-0.05, 0) is 36.8 Å². The molecule has 0 heterocycles. The third-order valence-corrected chi connectivity index (χ3v) is 4.26. The van der Waals surface area contributed by atoms with Gasteiger partial charge in [-0.2, -0.15) is 0 Å². The molecule has 0 aromatic heterocycles. The molecular formula is C14H17Cl2NO3. The van der Waals surface area contributed by atoms with Crippen LogP contribution in [0.1, 0.15) is 19.3 Å². The molecule has 1 aliphatic carbocycles. The van der Waals surface area contributed by atoms with Crippen molar-refractivity contribution in [3.63, 3.8) is 0 Å². The van der Waals surface area contributed by atoms with Gasteiger partial charge in [0.15, 0.2) is 6.61 Å². The summed E-state index contributed by atoms with van der Waals surface area (Å²) in [7, 11) is 0. The summed E-state index contributed by atoms with van der Waals surface area (Å²) in [5.41, 5.74) is 0.105. The first-order chi connectivity index (χ1) is 9.54. The van der Waals surface area contributed by atoms with Gasteiger partial charge < -0.3 is 15.2 Å². The standard InChI is InChI=1S/C14H17Cl2NO3/c15-11-2-1-10(7-12(11)16)20-8-13(19)17-9-14(3-4-14)5-6-18/h1-2,7,18H,3-6,8-9H2,(H,17,19). The molecule has 0 atom stereocenters. The maximum atomic E-state index is 11.7. The molecule has 0 radical (unpaired) electrons. The van der Waals surface area contributed by atoms with Gasteiger partial charge in [0.05, 0.1) is 10.0 Å². The number of hydrogen-bond donors (Lipinski definition) is 2. The lowest BCUT2D eigenvalue weighted by Crippen LogP contribution is -2.34. The van der Waals surface area contributed by atoms with Crippen molar-refractivity contribution in [1.29, 1.82) is 0 Å². The molecule has 0 spiro atoms. The number of rotatable bonds is 7. The number of benzene rings is 1. The van der Waals surface area contributed by atoms with Gasteiger partial charge in [0.25, 0.3) is 5.91 Å². The summed E-state index contributed by atoms with van der Waals surface area (Å²) in [4.78, 5) is 11.7. The largest absolute Gasteiger partial charge is 0.484 e. The maximum absolute atomic E-state index is 11.7. The van der Waals surface area contributed by atoms with Crippen molar-refractivity contribution in [3.05, 3.63) is 28.2 Å². The van der Waals surface area contributed by atoms with Gasteiger partial charge in [0.2, 0.25) is 0 Å². The topological polar surface area (TPSA) is 58.6 Å². The number of nitrogens with one attached hydrogen (secondary N) is 1. The summed E-state index contributed by atoms with van der Waals surface area (Å²) >= 11 is 11.6. The predicted octanol–water partition coefficient (Wildman–Crippen LogP) is 2.65. The van der Waals surface area contributed by atoms with Gasteiger partial charge in [-0.25, -0.2) is 0 Å². The first-order valence-electron chi connectivity index (χ1n) is 6.50. The summed E-state index contributed by atoms with van der Waals surface area (Å²) < 4.78 is 5.34. The molecule has 1 aliphatic rings. The van der Waals surface area contributed by atoms with Crippen LogP contribution in [-0.4, -0.2) is 30.8 Å². The van der Waals surface area contributed by atoms with Crippen molar-refractivity contribution >= 4 is 29.1 Å². The SMILES string of the molecule is O=C(COc1ccc(Cl)c(Cl)c1)NCC1(CCO)CC1. The Morgan fingerprint density at radius 3 is 2.70 bits per heavy atom. The van der Waals surface area contributed by atoms with Crippen molar-refractivity contribution in [1.82, 2.24) is 5.32 Å². The Hall–Kier alpha value is -0.970. The lowest BCUT2D eigenvalue weighted by Gasteiger charge is -2.14. The van der Waals surface area contributed by atoms with Crippen molar-refractivity contribution in [3.8, 4) is 5.75 Å². The predicted molar refractivity (Wildman–Crippen MR) is 78.3 cm³/mol. The number of aliphatic hydroxyl groups excluding tert-OH is 1. The van der Waals surface area contributed by atoms with E-state index in [0.717, 1.165) is 19.3 Å². The summed E-state index contributed by atoms with van der Waals surface area (Å²) in [6.07, 6.45) is 2.85. The van der Waals surface area contributed by atoms with Crippen LogP contribution < -0.4 is 10.1 Å². The van der Waals surface area contributed by atoms with Crippen LogP contribution in [0.4, 0.5) is 0 Å². The van der Waals surface area contributed by atoms with Crippen LogP contribution in [0, 0.1) is 5.41 Å². The number of carbonyl (C=O) groups excluding carboxylic acids is 1. The highest BCUT2D eigenvalue weighted by Gasteiger charge is 2.41. The van der Waals surface area contributed by atoms with Crippen molar-refractivity contribution < 1.29 is 14.6 Å². The molecule has 2 N–H and O–H groups in total. The lowest BCUT2D eigenvalue weighted by molar-refractivity contribution is -0.123. The zero-order valence-corrected chi connectivity index (χ0v) is 12.5. The Bertz CT molecular complexity index is 489. The maximum Gasteiger partial charge on any atom is 0.257 e. The van der Waals surface area contributed by atoms with E-state index in [1.165, 1.54) is 0 Å². The fourth-order valence-corrected chi connectivity index (χ4v) is 2.27. The molecule has 1 aromatic rings. The average Bonchev–Trinajstić information content (AvgIpc) is 3.18. The highest BCUT2D eigenvalue weighted by molar-refractivity contribution is 6.42. The molecule has 20 heavy (non-hydrogen) atoms. The summed E-state index contributed by atoms with van der Waals surface area (Å²) in [5.74, 6) is 0.325. The molecule has 110 valence electrons. The van der Waals surface area contributed by atoms with Gasteiger partial charge in [-0.15, -0.1) is 0 Å². The molecule has 0 bridgehead atoms. The minimum Gasteiger partial charge on any atom is -0.484 e. The van der Waals surface area contributed by atoms with Crippen molar-refractivity contribution in [2.24, 2.45) is 5.41 Å². The monoisotopic (exact) mass is 317 g/mol. The molecule has 0 saturated heterocycles. The van der Waals surface area contributed by atoms with Crippen LogP contribution in [0.2, 0.25) is 10.0 Å². The van der Waals surface area contributed by atoms with E-state index in [0.29, 0.717) is 22.3 Å². The number of amides is 1. The Kier molecular flexibility index (Phi) is 5.13. The first-order valence-corrected chi connectivity index (χ1v) is 7.26. The highest BCUT2D eigenvalue weighted by Crippen LogP contribution is 2.47. The zero-order chi connectivity index (χ0) is 14.6. The van der Waals surface area contributed by atoms with E-state index in [4.69, 9.17) is 33.0 Å². The first kappa shape index (κ1) is 15.4. The molecule has 2 rings (SSSR count). The molecule has 1 saturated carbocycles. The second kappa shape index (κ2) is 6.66. The zero-order valence-electron chi connectivity index (χ0n) is 11.0. The average molecular weight is 318 g/mol. The normalized spacial score (nSPS) is 15.8. The van der Waals surface area contributed by atoms with Crippen molar-refractivity contribution in [2.75, 3.05) is 19.8 Å². The summed E-state index contributed by atoms with van der Waals surface area (Å²) in [6, 6.07) is 4.86. The fourth-order valence-electron chi connectivity index (χ4n) is 1.98. The van der Waals surface area contributed by atoms with E-state index >= 15 is 0 Å². The third kappa shape index (κ3) is 4.27. The highest BCUT2D eigenvalue weighted by atomic mass is 35.5. The summed E-state index contributed by atoms with van der Waals surface area (Å²) in [5, 5.41) is 12.6. The van der Waals surface area contributed by atoms with Crippen LogP contribution in [0.5, 0.6) is 5.75 Å². The molecule has 1 amide bonds. The summed E-state index contributed by atoms with van der Waals surface area (Å²) in [6.45, 7) is 0.694. The molecule has 4 nitrogen and oxygen atoms in total. The van der Waals surface area contributed by atoms with Crippen LogP contribution in [0.3, 0.4) is 0 Å². The van der Waals surface area contributed by atoms with Gasteiger partial charge in [0, 0.05) is 19.2 Å².